The number of hydrogen-bond donors (Lipinski definition) is 2. The Balaban J connectivity index is 3.03. The van der Waals surface area contributed by atoms with Crippen LogP contribution < -0.4 is 10.0 Å². The number of halogens is 1. The van der Waals surface area contributed by atoms with Crippen molar-refractivity contribution in [2.24, 2.45) is 5.41 Å². The molecule has 2 N–H and O–H groups in total. The molecule has 0 bridgehead atoms. The topological polar surface area (TPSA) is 58.2 Å². The predicted molar refractivity (Wildman–Crippen MR) is 83.0 cm³/mol. The van der Waals surface area contributed by atoms with Crippen molar-refractivity contribution in [1.82, 2.24) is 10.0 Å². The molecular weight excluding hydrogens is 291 g/mol. The lowest BCUT2D eigenvalue weighted by Crippen LogP contribution is -2.34. The van der Waals surface area contributed by atoms with E-state index in [4.69, 9.17) is 0 Å². The van der Waals surface area contributed by atoms with E-state index in [9.17, 15) is 12.8 Å². The summed E-state index contributed by atoms with van der Waals surface area (Å²) in [5, 5.41) is 3.07. The van der Waals surface area contributed by atoms with Crippen molar-refractivity contribution in [3.63, 3.8) is 0 Å². The molecule has 0 saturated heterocycles. The van der Waals surface area contributed by atoms with Crippen LogP contribution in [0.1, 0.15) is 39.7 Å². The molecule has 0 amide bonds. The summed E-state index contributed by atoms with van der Waals surface area (Å²) in [6.45, 7) is 9.34. The van der Waals surface area contributed by atoms with Crippen LogP contribution in [0.25, 0.3) is 0 Å². The van der Waals surface area contributed by atoms with Gasteiger partial charge in [0.1, 0.15) is 5.82 Å². The van der Waals surface area contributed by atoms with Gasteiger partial charge >= 0.3 is 0 Å². The number of benzene rings is 1. The monoisotopic (exact) mass is 316 g/mol. The van der Waals surface area contributed by atoms with Gasteiger partial charge in [0.25, 0.3) is 0 Å². The minimum atomic E-state index is -3.72. The molecule has 0 radical (unpaired) electrons. The molecule has 0 atom stereocenters. The van der Waals surface area contributed by atoms with Gasteiger partial charge in [0.2, 0.25) is 10.0 Å². The molecule has 0 aliphatic heterocycles. The molecule has 120 valence electrons. The van der Waals surface area contributed by atoms with Crippen LogP contribution in [0.3, 0.4) is 0 Å². The molecule has 0 aliphatic rings. The minimum absolute atomic E-state index is 0.00959. The number of hydrogen-bond acceptors (Lipinski definition) is 3. The van der Waals surface area contributed by atoms with Crippen LogP contribution in [0.5, 0.6) is 0 Å². The molecule has 1 aromatic carbocycles. The van der Waals surface area contributed by atoms with Crippen LogP contribution in [-0.4, -0.2) is 21.5 Å². The first-order valence-corrected chi connectivity index (χ1v) is 8.69. The lowest BCUT2D eigenvalue weighted by atomic mass is 9.91. The lowest BCUT2D eigenvalue weighted by molar-refractivity contribution is 0.350. The van der Waals surface area contributed by atoms with E-state index in [0.29, 0.717) is 25.2 Å². The van der Waals surface area contributed by atoms with Crippen molar-refractivity contribution in [1.29, 1.82) is 0 Å². The molecule has 6 heteroatoms. The Morgan fingerprint density at radius 2 is 1.90 bits per heavy atom. The number of sulfonamides is 1. The van der Waals surface area contributed by atoms with Crippen molar-refractivity contribution in [3.05, 3.63) is 29.6 Å². The minimum Gasteiger partial charge on any atom is -0.313 e. The smallest absolute Gasteiger partial charge is 0.241 e. The van der Waals surface area contributed by atoms with Gasteiger partial charge in [0.15, 0.2) is 0 Å². The second kappa shape index (κ2) is 7.33. The summed E-state index contributed by atoms with van der Waals surface area (Å²) >= 11 is 0. The van der Waals surface area contributed by atoms with Crippen molar-refractivity contribution in [2.75, 3.05) is 13.1 Å². The Morgan fingerprint density at radius 1 is 1.24 bits per heavy atom. The summed E-state index contributed by atoms with van der Waals surface area (Å²) < 4.78 is 40.9. The maximum atomic E-state index is 13.4. The summed E-state index contributed by atoms with van der Waals surface area (Å²) in [5.41, 5.74) is 0.433. The number of nitrogens with one attached hydrogen (secondary N) is 2. The van der Waals surface area contributed by atoms with Crippen LogP contribution in [0.4, 0.5) is 4.39 Å². The van der Waals surface area contributed by atoms with Gasteiger partial charge < -0.3 is 5.32 Å². The number of rotatable bonds is 8. The quantitative estimate of drug-likeness (QED) is 0.775. The third-order valence-electron chi connectivity index (χ3n) is 3.58. The van der Waals surface area contributed by atoms with Crippen molar-refractivity contribution in [3.8, 4) is 0 Å². The van der Waals surface area contributed by atoms with Gasteiger partial charge in [0, 0.05) is 13.1 Å². The van der Waals surface area contributed by atoms with Gasteiger partial charge in [-0.15, -0.1) is 0 Å². The van der Waals surface area contributed by atoms with Crippen molar-refractivity contribution >= 4 is 10.0 Å². The van der Waals surface area contributed by atoms with Crippen LogP contribution in [0.2, 0.25) is 0 Å². The molecule has 4 nitrogen and oxygen atoms in total. The Kier molecular flexibility index (Phi) is 6.31. The maximum absolute atomic E-state index is 13.4. The molecule has 0 saturated carbocycles. The molecular formula is C15H25FN2O2S. The van der Waals surface area contributed by atoms with Crippen LogP contribution in [-0.2, 0) is 16.6 Å². The van der Waals surface area contributed by atoms with E-state index in [1.165, 1.54) is 12.1 Å². The predicted octanol–water partition coefficient (Wildman–Crippen LogP) is 2.65. The largest absolute Gasteiger partial charge is 0.313 e. The fourth-order valence-corrected chi connectivity index (χ4v) is 3.17. The molecule has 21 heavy (non-hydrogen) atoms. The average Bonchev–Trinajstić information content (AvgIpc) is 2.44. The molecule has 1 rings (SSSR count). The zero-order valence-corrected chi connectivity index (χ0v) is 14.0. The van der Waals surface area contributed by atoms with E-state index >= 15 is 0 Å². The second-order valence-electron chi connectivity index (χ2n) is 5.87. The van der Waals surface area contributed by atoms with Crippen LogP contribution in [0, 0.1) is 11.2 Å². The van der Waals surface area contributed by atoms with Crippen LogP contribution >= 0.6 is 0 Å². The van der Waals surface area contributed by atoms with Gasteiger partial charge in [-0.3, -0.25) is 0 Å². The highest BCUT2D eigenvalue weighted by molar-refractivity contribution is 7.89. The van der Waals surface area contributed by atoms with Gasteiger partial charge in [-0.1, -0.05) is 33.8 Å². The highest BCUT2D eigenvalue weighted by atomic mass is 32.2. The van der Waals surface area contributed by atoms with Crippen molar-refractivity contribution in [2.45, 2.75) is 45.6 Å². The zero-order valence-electron chi connectivity index (χ0n) is 13.2. The first-order chi connectivity index (χ1) is 9.72. The third kappa shape index (κ3) is 5.37. The highest BCUT2D eigenvalue weighted by Gasteiger charge is 2.23. The van der Waals surface area contributed by atoms with Crippen LogP contribution in [0.15, 0.2) is 23.1 Å². The Labute approximate surface area is 127 Å². The molecule has 0 aliphatic carbocycles. The Hall–Kier alpha value is -0.980. The normalized spacial score (nSPS) is 12.6. The second-order valence-corrected chi connectivity index (χ2v) is 7.61. The van der Waals surface area contributed by atoms with Gasteiger partial charge in [0.05, 0.1) is 4.90 Å². The van der Waals surface area contributed by atoms with E-state index in [1.54, 1.807) is 0 Å². The molecule has 0 unspecified atom stereocenters. The van der Waals surface area contributed by atoms with E-state index in [1.807, 2.05) is 27.7 Å². The van der Waals surface area contributed by atoms with E-state index < -0.39 is 15.8 Å². The fraction of sp³-hybridized carbons (Fsp3) is 0.600. The van der Waals surface area contributed by atoms with E-state index in [0.717, 1.165) is 12.5 Å². The fourth-order valence-electron chi connectivity index (χ4n) is 1.68. The average molecular weight is 316 g/mol. The SMILES string of the molecule is CCNCc1ccc(F)cc1S(=O)(=O)NCC(C)(C)CC. The van der Waals surface area contributed by atoms with E-state index in [2.05, 4.69) is 10.0 Å². The molecule has 1 aromatic rings. The first-order valence-electron chi connectivity index (χ1n) is 7.20. The summed E-state index contributed by atoms with van der Waals surface area (Å²) in [4.78, 5) is 0.00959. The summed E-state index contributed by atoms with van der Waals surface area (Å²) in [5.74, 6) is -0.551. The standard InChI is InChI=1S/C15H25FN2O2S/c1-5-15(3,4)11-18-21(19,20)14-9-13(16)8-7-12(14)10-17-6-2/h7-9,17-18H,5-6,10-11H2,1-4H3. The molecule has 0 aromatic heterocycles. The van der Waals surface area contributed by atoms with E-state index in [-0.39, 0.29) is 10.3 Å². The van der Waals surface area contributed by atoms with Gasteiger partial charge in [-0.25, -0.2) is 17.5 Å². The van der Waals surface area contributed by atoms with Gasteiger partial charge in [-0.05, 0) is 36.1 Å². The molecule has 0 spiro atoms. The highest BCUT2D eigenvalue weighted by Crippen LogP contribution is 2.21. The summed E-state index contributed by atoms with van der Waals surface area (Å²) in [6, 6.07) is 3.87. The Bertz CT molecular complexity index is 571. The zero-order chi connectivity index (χ0) is 16.1. The molecule has 0 fully saturated rings. The Morgan fingerprint density at radius 3 is 2.48 bits per heavy atom. The summed E-state index contributed by atoms with van der Waals surface area (Å²) in [6.07, 6.45) is 0.850. The third-order valence-corrected chi connectivity index (χ3v) is 5.07. The molecule has 0 heterocycles. The maximum Gasteiger partial charge on any atom is 0.241 e. The van der Waals surface area contributed by atoms with Gasteiger partial charge in [-0.2, -0.15) is 0 Å². The lowest BCUT2D eigenvalue weighted by Gasteiger charge is -2.23. The van der Waals surface area contributed by atoms with Crippen molar-refractivity contribution < 1.29 is 12.8 Å². The first kappa shape index (κ1) is 18.1. The summed E-state index contributed by atoms with van der Waals surface area (Å²) in [7, 11) is -3.72.